The van der Waals surface area contributed by atoms with Crippen molar-refractivity contribution in [1.29, 1.82) is 0 Å². The Morgan fingerprint density at radius 1 is 1.08 bits per heavy atom. The summed E-state index contributed by atoms with van der Waals surface area (Å²) >= 11 is 0. The number of primary amides is 1. The van der Waals surface area contributed by atoms with E-state index in [0.717, 1.165) is 31.5 Å². The van der Waals surface area contributed by atoms with Gasteiger partial charge >= 0.3 is 0 Å². The molecule has 1 aromatic rings. The molecule has 2 amide bonds. The van der Waals surface area contributed by atoms with E-state index in [1.807, 2.05) is 12.1 Å². The third-order valence-corrected chi connectivity index (χ3v) is 6.43. The van der Waals surface area contributed by atoms with Crippen LogP contribution in [0.1, 0.15) is 43.6 Å². The zero-order valence-electron chi connectivity index (χ0n) is 14.9. The zero-order valence-corrected chi connectivity index (χ0v) is 14.9. The summed E-state index contributed by atoms with van der Waals surface area (Å²) in [5.41, 5.74) is 6.31. The number of hydrogen-bond acceptors (Lipinski definition) is 3. The smallest absolute Gasteiger partial charge is 0.222 e. The highest BCUT2D eigenvalue weighted by molar-refractivity contribution is 5.79. The van der Waals surface area contributed by atoms with Crippen molar-refractivity contribution >= 4 is 11.8 Å². The lowest BCUT2D eigenvalue weighted by Gasteiger charge is -2.51. The molecule has 0 spiro atoms. The molecule has 1 aromatic carbocycles. The van der Waals surface area contributed by atoms with E-state index in [2.05, 4.69) is 9.80 Å². The predicted octanol–water partition coefficient (Wildman–Crippen LogP) is 1.87. The molecule has 0 saturated carbocycles. The number of carbonyl (C=O) groups is 2. The summed E-state index contributed by atoms with van der Waals surface area (Å²) in [5.74, 6) is 0.316. The van der Waals surface area contributed by atoms with Gasteiger partial charge in [0.15, 0.2) is 0 Å². The molecule has 0 unspecified atom stereocenters. The van der Waals surface area contributed by atoms with Crippen LogP contribution < -0.4 is 5.73 Å². The van der Waals surface area contributed by atoms with Crippen molar-refractivity contribution in [3.05, 3.63) is 35.6 Å². The largest absolute Gasteiger partial charge is 0.370 e. The Morgan fingerprint density at radius 2 is 1.77 bits per heavy atom. The van der Waals surface area contributed by atoms with Gasteiger partial charge in [-0.05, 0) is 56.0 Å². The molecule has 5 rings (SSSR count). The maximum atomic E-state index is 13.4. The summed E-state index contributed by atoms with van der Waals surface area (Å²) < 4.78 is 13.4. The Bertz CT molecular complexity index is 685. The van der Waals surface area contributed by atoms with Crippen molar-refractivity contribution in [3.63, 3.8) is 0 Å². The minimum absolute atomic E-state index is 0.125. The molecule has 4 aliphatic rings. The zero-order chi connectivity index (χ0) is 18.3. The first-order valence-corrected chi connectivity index (χ1v) is 9.62. The van der Waals surface area contributed by atoms with Crippen molar-refractivity contribution in [2.45, 2.75) is 50.1 Å². The van der Waals surface area contributed by atoms with Gasteiger partial charge in [-0.3, -0.25) is 14.5 Å². The normalized spacial score (nSPS) is 32.5. The summed E-state index contributed by atoms with van der Waals surface area (Å²) in [6, 6.07) is 7.32. The molecule has 2 N–H and O–H groups in total. The van der Waals surface area contributed by atoms with Crippen LogP contribution in [0.5, 0.6) is 0 Å². The number of hydrogen-bond donors (Lipinski definition) is 1. The first-order valence-electron chi connectivity index (χ1n) is 9.62. The monoisotopic (exact) mass is 359 g/mol. The van der Waals surface area contributed by atoms with E-state index >= 15 is 0 Å². The first kappa shape index (κ1) is 17.5. The summed E-state index contributed by atoms with van der Waals surface area (Å²) in [5, 5.41) is 0. The topological polar surface area (TPSA) is 66.6 Å². The van der Waals surface area contributed by atoms with Gasteiger partial charge < -0.3 is 10.6 Å². The highest BCUT2D eigenvalue weighted by Gasteiger charge is 2.54. The second-order valence-corrected chi connectivity index (χ2v) is 7.88. The van der Waals surface area contributed by atoms with Gasteiger partial charge in [0.05, 0.1) is 6.04 Å². The molecule has 2 bridgehead atoms. The van der Waals surface area contributed by atoms with E-state index in [9.17, 15) is 14.0 Å². The molecule has 0 aliphatic carbocycles. The highest BCUT2D eigenvalue weighted by Crippen LogP contribution is 2.46. The molecule has 4 aliphatic heterocycles. The lowest BCUT2D eigenvalue weighted by atomic mass is 9.75. The summed E-state index contributed by atoms with van der Waals surface area (Å²) in [4.78, 5) is 28.4. The molecule has 3 atom stereocenters. The minimum Gasteiger partial charge on any atom is -0.370 e. The maximum absolute atomic E-state index is 13.4. The Morgan fingerprint density at radius 3 is 2.42 bits per heavy atom. The molecule has 6 heteroatoms. The van der Waals surface area contributed by atoms with Crippen LogP contribution in [0, 0.1) is 11.7 Å². The van der Waals surface area contributed by atoms with Crippen LogP contribution >= 0.6 is 0 Å². The molecule has 0 aromatic heterocycles. The van der Waals surface area contributed by atoms with Crippen molar-refractivity contribution in [2.24, 2.45) is 11.7 Å². The van der Waals surface area contributed by atoms with Gasteiger partial charge in [0.1, 0.15) is 5.82 Å². The van der Waals surface area contributed by atoms with Crippen LogP contribution in [0.2, 0.25) is 0 Å². The van der Waals surface area contributed by atoms with Gasteiger partial charge in [0.25, 0.3) is 0 Å². The number of likely N-dealkylation sites (tertiary alicyclic amines) is 1. The van der Waals surface area contributed by atoms with Crippen molar-refractivity contribution in [3.8, 4) is 0 Å². The van der Waals surface area contributed by atoms with E-state index in [1.165, 1.54) is 12.1 Å². The SMILES string of the molecule is NC(=O)CCCC(=O)N1C[C@H](c2ccc(F)cc2)[C@H]2[C@@H]1C1CCN2CC1. The number of fused-ring (bicyclic) bond motifs is 2. The van der Waals surface area contributed by atoms with Crippen LogP contribution in [-0.2, 0) is 9.59 Å². The Balaban J connectivity index is 1.56. The van der Waals surface area contributed by atoms with Crippen LogP contribution in [0.3, 0.4) is 0 Å². The van der Waals surface area contributed by atoms with Crippen molar-refractivity contribution in [2.75, 3.05) is 19.6 Å². The van der Waals surface area contributed by atoms with E-state index in [-0.39, 0.29) is 36.0 Å². The number of benzene rings is 1. The maximum Gasteiger partial charge on any atom is 0.222 e. The average molecular weight is 359 g/mol. The fourth-order valence-corrected chi connectivity index (χ4v) is 5.27. The number of rotatable bonds is 5. The second kappa shape index (κ2) is 6.99. The van der Waals surface area contributed by atoms with Crippen molar-refractivity contribution < 1.29 is 14.0 Å². The fourth-order valence-electron chi connectivity index (χ4n) is 5.27. The molecule has 0 radical (unpaired) electrons. The fraction of sp³-hybridized carbons (Fsp3) is 0.600. The van der Waals surface area contributed by atoms with Crippen LogP contribution in [-0.4, -0.2) is 53.3 Å². The van der Waals surface area contributed by atoms with Gasteiger partial charge in [-0.2, -0.15) is 0 Å². The van der Waals surface area contributed by atoms with Gasteiger partial charge in [-0.25, -0.2) is 4.39 Å². The van der Waals surface area contributed by atoms with Crippen molar-refractivity contribution in [1.82, 2.24) is 9.80 Å². The van der Waals surface area contributed by atoms with Gasteiger partial charge in [0.2, 0.25) is 11.8 Å². The number of piperidine rings is 3. The summed E-state index contributed by atoms with van der Waals surface area (Å²) in [6.45, 7) is 2.86. The van der Waals surface area contributed by atoms with Crippen LogP contribution in [0.25, 0.3) is 0 Å². The lowest BCUT2D eigenvalue weighted by Crippen LogP contribution is -2.60. The highest BCUT2D eigenvalue weighted by atomic mass is 19.1. The standard InChI is InChI=1S/C20H26FN3O2/c21-15-6-4-13(5-7-15)16-12-24(18(26)3-1-2-17(22)25)19-14-8-10-23(11-9-14)20(16)19/h4-7,14,16,19-20H,1-3,8-12H2,(H2,22,25)/t16-,19+,20+/m1/s1. The predicted molar refractivity (Wildman–Crippen MR) is 95.8 cm³/mol. The van der Waals surface area contributed by atoms with Gasteiger partial charge in [-0.15, -0.1) is 0 Å². The lowest BCUT2D eigenvalue weighted by molar-refractivity contribution is -0.136. The molecule has 140 valence electrons. The van der Waals surface area contributed by atoms with Gasteiger partial charge in [-0.1, -0.05) is 12.1 Å². The number of carbonyl (C=O) groups excluding carboxylic acids is 2. The van der Waals surface area contributed by atoms with Crippen LogP contribution in [0.4, 0.5) is 4.39 Å². The molecule has 4 heterocycles. The van der Waals surface area contributed by atoms with E-state index in [4.69, 9.17) is 5.73 Å². The van der Waals surface area contributed by atoms with E-state index in [1.54, 1.807) is 0 Å². The molecule has 4 saturated heterocycles. The summed E-state index contributed by atoms with van der Waals surface area (Å²) in [7, 11) is 0. The number of nitrogens with zero attached hydrogens (tertiary/aromatic N) is 2. The molecule has 4 fully saturated rings. The van der Waals surface area contributed by atoms with Crippen LogP contribution in [0.15, 0.2) is 24.3 Å². The third kappa shape index (κ3) is 3.11. The Kier molecular flexibility index (Phi) is 4.69. The summed E-state index contributed by atoms with van der Waals surface area (Å²) in [6.07, 6.45) is 3.42. The minimum atomic E-state index is -0.357. The number of nitrogens with two attached hydrogens (primary N) is 1. The molecule has 26 heavy (non-hydrogen) atoms. The molecular weight excluding hydrogens is 333 g/mol. The molecule has 5 nitrogen and oxygen atoms in total. The third-order valence-electron chi connectivity index (χ3n) is 6.43. The quantitative estimate of drug-likeness (QED) is 0.873. The second-order valence-electron chi connectivity index (χ2n) is 7.88. The molecular formula is C20H26FN3O2. The number of halogens is 1. The van der Waals surface area contributed by atoms with E-state index in [0.29, 0.717) is 31.3 Å². The van der Waals surface area contributed by atoms with Gasteiger partial charge in [0, 0.05) is 31.3 Å². The Hall–Kier alpha value is -1.95. The van der Waals surface area contributed by atoms with E-state index < -0.39 is 0 Å². The first-order chi connectivity index (χ1) is 12.5. The number of amides is 2. The Labute approximate surface area is 153 Å². The average Bonchev–Trinajstić information content (AvgIpc) is 3.06.